The van der Waals surface area contributed by atoms with Crippen molar-refractivity contribution in [3.8, 4) is 0 Å². The number of nitrogens with one attached hydrogen (secondary N) is 2. The number of urea groups is 1. The topological polar surface area (TPSA) is 98.7 Å². The summed E-state index contributed by atoms with van der Waals surface area (Å²) in [6.45, 7) is 8.41. The quantitative estimate of drug-likeness (QED) is 0.609. The number of carbonyl (C=O) groups excluding carboxylic acids is 2. The zero-order valence-corrected chi connectivity index (χ0v) is 12.6. The molecule has 116 valence electrons. The maximum absolute atomic E-state index is 11.7. The van der Waals surface area contributed by atoms with Gasteiger partial charge in [-0.15, -0.1) is 0 Å². The molecule has 3 amide bonds. The Morgan fingerprint density at radius 1 is 1.15 bits per heavy atom. The molecule has 0 atom stereocenters. The minimum atomic E-state index is -0.911. The molecule has 0 aromatic carbocycles. The Morgan fingerprint density at radius 2 is 1.75 bits per heavy atom. The van der Waals surface area contributed by atoms with Crippen LogP contribution < -0.4 is 10.6 Å². The highest BCUT2D eigenvalue weighted by molar-refractivity contribution is 5.95. The molecule has 0 bridgehead atoms. The van der Waals surface area contributed by atoms with E-state index in [2.05, 4.69) is 10.6 Å². The van der Waals surface area contributed by atoms with Crippen LogP contribution in [0.1, 0.15) is 34.1 Å². The van der Waals surface area contributed by atoms with Gasteiger partial charge in [0.1, 0.15) is 0 Å². The predicted molar refractivity (Wildman–Crippen MR) is 75.3 cm³/mol. The van der Waals surface area contributed by atoms with Crippen LogP contribution in [0.4, 0.5) is 4.79 Å². The minimum absolute atomic E-state index is 0.0000449. The van der Waals surface area contributed by atoms with Gasteiger partial charge in [-0.1, -0.05) is 13.8 Å². The molecule has 3 N–H and O–H groups in total. The fraction of sp³-hybridized carbons (Fsp3) is 0.769. The molecule has 0 saturated carbocycles. The van der Waals surface area contributed by atoms with Crippen molar-refractivity contribution in [2.75, 3.05) is 19.6 Å². The lowest BCUT2D eigenvalue weighted by molar-refractivity contribution is -0.138. The van der Waals surface area contributed by atoms with Crippen LogP contribution in [0.5, 0.6) is 0 Å². The van der Waals surface area contributed by atoms with Crippen LogP contribution in [0.15, 0.2) is 0 Å². The van der Waals surface area contributed by atoms with E-state index in [-0.39, 0.29) is 25.6 Å². The van der Waals surface area contributed by atoms with E-state index in [1.165, 1.54) is 0 Å². The molecular weight excluding hydrogens is 262 g/mol. The average molecular weight is 287 g/mol. The van der Waals surface area contributed by atoms with E-state index in [0.29, 0.717) is 12.5 Å². The summed E-state index contributed by atoms with van der Waals surface area (Å²) in [5.41, 5.74) is 0. The van der Waals surface area contributed by atoms with Crippen molar-refractivity contribution in [2.45, 2.75) is 40.2 Å². The van der Waals surface area contributed by atoms with E-state index in [4.69, 9.17) is 5.11 Å². The third-order valence-corrected chi connectivity index (χ3v) is 2.61. The molecule has 0 aromatic heterocycles. The summed E-state index contributed by atoms with van der Waals surface area (Å²) in [5, 5.41) is 13.5. The van der Waals surface area contributed by atoms with E-state index in [9.17, 15) is 14.4 Å². The van der Waals surface area contributed by atoms with Crippen molar-refractivity contribution >= 4 is 17.9 Å². The number of carboxylic acids is 1. The van der Waals surface area contributed by atoms with Gasteiger partial charge in [0.15, 0.2) is 0 Å². The predicted octanol–water partition coefficient (Wildman–Crippen LogP) is 0.653. The van der Waals surface area contributed by atoms with Crippen LogP contribution in [-0.4, -0.2) is 53.6 Å². The second-order valence-electron chi connectivity index (χ2n) is 5.36. The molecule has 0 heterocycles. The number of rotatable bonds is 8. The van der Waals surface area contributed by atoms with Crippen LogP contribution in [0.25, 0.3) is 0 Å². The summed E-state index contributed by atoms with van der Waals surface area (Å²) < 4.78 is 0. The molecule has 20 heavy (non-hydrogen) atoms. The number of amides is 3. The number of aliphatic carboxylic acids is 1. The first-order valence-electron chi connectivity index (χ1n) is 6.75. The summed E-state index contributed by atoms with van der Waals surface area (Å²) in [6.07, 6.45) is -0.0367. The lowest BCUT2D eigenvalue weighted by Crippen LogP contribution is -2.47. The van der Waals surface area contributed by atoms with Crippen molar-refractivity contribution in [2.24, 2.45) is 5.92 Å². The van der Waals surface area contributed by atoms with Crippen LogP contribution >= 0.6 is 0 Å². The smallest absolute Gasteiger partial charge is 0.321 e. The van der Waals surface area contributed by atoms with Gasteiger partial charge in [-0.2, -0.15) is 0 Å². The van der Waals surface area contributed by atoms with Crippen molar-refractivity contribution < 1.29 is 19.5 Å². The number of hydrogen-bond acceptors (Lipinski definition) is 4. The van der Waals surface area contributed by atoms with Gasteiger partial charge in [0.25, 0.3) is 0 Å². The van der Waals surface area contributed by atoms with Crippen LogP contribution in [0, 0.1) is 5.92 Å². The largest absolute Gasteiger partial charge is 0.481 e. The van der Waals surface area contributed by atoms with E-state index in [0.717, 1.165) is 0 Å². The molecule has 0 aromatic rings. The molecule has 0 aliphatic heterocycles. The molecule has 0 spiro atoms. The fourth-order valence-electron chi connectivity index (χ4n) is 1.45. The van der Waals surface area contributed by atoms with Gasteiger partial charge in [-0.05, 0) is 19.8 Å². The third-order valence-electron chi connectivity index (χ3n) is 2.61. The number of nitrogens with zero attached hydrogens (tertiary/aromatic N) is 1. The van der Waals surface area contributed by atoms with Gasteiger partial charge in [-0.25, -0.2) is 4.79 Å². The number of carboxylic acid groups (broad SMARTS) is 1. The van der Waals surface area contributed by atoms with Gasteiger partial charge in [0, 0.05) is 19.1 Å². The van der Waals surface area contributed by atoms with Gasteiger partial charge >= 0.3 is 12.0 Å². The summed E-state index contributed by atoms with van der Waals surface area (Å²) in [6, 6.07) is -0.496. The zero-order chi connectivity index (χ0) is 15.7. The molecule has 0 aliphatic carbocycles. The number of hydrogen-bond donors (Lipinski definition) is 3. The average Bonchev–Trinajstić information content (AvgIpc) is 2.31. The lowest BCUT2D eigenvalue weighted by atomic mass is 10.2. The standard InChI is InChI=1S/C13H25N3O4/c1-9(2)7-14-13(20)15-11(17)8-16(10(3)4)6-5-12(18)19/h9-10H,5-8H2,1-4H3,(H,18,19)(H2,14,15,17,20). The third kappa shape index (κ3) is 9.32. The molecule has 0 radical (unpaired) electrons. The van der Waals surface area contributed by atoms with Crippen LogP contribution in [0.3, 0.4) is 0 Å². The highest BCUT2D eigenvalue weighted by Gasteiger charge is 2.16. The first kappa shape index (κ1) is 18.4. The Morgan fingerprint density at radius 3 is 2.20 bits per heavy atom. The second kappa shape index (κ2) is 9.30. The van der Waals surface area contributed by atoms with Crippen molar-refractivity contribution in [1.29, 1.82) is 0 Å². The SMILES string of the molecule is CC(C)CNC(=O)NC(=O)CN(CCC(=O)O)C(C)C. The normalized spacial score (nSPS) is 10.9. The second-order valence-corrected chi connectivity index (χ2v) is 5.36. The summed E-state index contributed by atoms with van der Waals surface area (Å²) in [5.74, 6) is -1.05. The molecule has 0 rings (SSSR count). The molecule has 0 aliphatic rings. The molecule has 7 nitrogen and oxygen atoms in total. The Bertz CT molecular complexity index is 343. The highest BCUT2D eigenvalue weighted by atomic mass is 16.4. The van der Waals surface area contributed by atoms with Gasteiger partial charge < -0.3 is 10.4 Å². The monoisotopic (exact) mass is 287 g/mol. The van der Waals surface area contributed by atoms with Crippen molar-refractivity contribution in [3.63, 3.8) is 0 Å². The Balaban J connectivity index is 4.18. The van der Waals surface area contributed by atoms with Gasteiger partial charge in [0.2, 0.25) is 5.91 Å². The molecule has 0 unspecified atom stereocenters. The maximum Gasteiger partial charge on any atom is 0.321 e. The number of carbonyl (C=O) groups is 3. The zero-order valence-electron chi connectivity index (χ0n) is 12.6. The lowest BCUT2D eigenvalue weighted by Gasteiger charge is -2.24. The fourth-order valence-corrected chi connectivity index (χ4v) is 1.45. The van der Waals surface area contributed by atoms with E-state index >= 15 is 0 Å². The molecule has 0 fully saturated rings. The number of imide groups is 1. The molecule has 7 heteroatoms. The van der Waals surface area contributed by atoms with Crippen LogP contribution in [0.2, 0.25) is 0 Å². The van der Waals surface area contributed by atoms with E-state index in [1.54, 1.807) is 4.90 Å². The Hall–Kier alpha value is -1.63. The van der Waals surface area contributed by atoms with E-state index in [1.807, 2.05) is 27.7 Å². The van der Waals surface area contributed by atoms with Gasteiger partial charge in [0.05, 0.1) is 13.0 Å². The molecular formula is C13H25N3O4. The Labute approximate surface area is 119 Å². The van der Waals surface area contributed by atoms with Gasteiger partial charge in [-0.3, -0.25) is 19.8 Å². The molecule has 0 saturated heterocycles. The summed E-state index contributed by atoms with van der Waals surface area (Å²) in [4.78, 5) is 35.4. The maximum atomic E-state index is 11.7. The minimum Gasteiger partial charge on any atom is -0.481 e. The van der Waals surface area contributed by atoms with Crippen molar-refractivity contribution in [3.05, 3.63) is 0 Å². The van der Waals surface area contributed by atoms with Crippen LogP contribution in [-0.2, 0) is 9.59 Å². The highest BCUT2D eigenvalue weighted by Crippen LogP contribution is 1.99. The Kier molecular flexibility index (Phi) is 8.54. The first-order chi connectivity index (χ1) is 9.22. The van der Waals surface area contributed by atoms with Crippen molar-refractivity contribution in [1.82, 2.24) is 15.5 Å². The summed E-state index contributed by atoms with van der Waals surface area (Å²) in [7, 11) is 0. The first-order valence-corrected chi connectivity index (χ1v) is 6.75. The summed E-state index contributed by atoms with van der Waals surface area (Å²) >= 11 is 0. The van der Waals surface area contributed by atoms with E-state index < -0.39 is 17.9 Å².